The molecule has 1 fully saturated rings. The van der Waals surface area contributed by atoms with Crippen LogP contribution in [0.15, 0.2) is 36.9 Å². The quantitative estimate of drug-likeness (QED) is 0.848. The summed E-state index contributed by atoms with van der Waals surface area (Å²) in [5.74, 6) is -0.198. The van der Waals surface area contributed by atoms with Gasteiger partial charge in [-0.1, -0.05) is 12.1 Å². The fraction of sp³-hybridized carbons (Fsp3) is 0.412. The summed E-state index contributed by atoms with van der Waals surface area (Å²) in [7, 11) is 3.53. The fourth-order valence-electron chi connectivity index (χ4n) is 2.98. The van der Waals surface area contributed by atoms with E-state index in [1.807, 2.05) is 31.2 Å². The number of hydrogen-bond acceptors (Lipinski definition) is 4. The van der Waals surface area contributed by atoms with E-state index in [-0.39, 0.29) is 23.8 Å². The van der Waals surface area contributed by atoms with E-state index in [2.05, 4.69) is 10.1 Å². The summed E-state index contributed by atoms with van der Waals surface area (Å²) in [6, 6.07) is 7.80. The molecule has 1 aromatic heterocycles. The number of benzene rings is 1. The number of amides is 2. The van der Waals surface area contributed by atoms with Crippen molar-refractivity contribution in [1.29, 1.82) is 0 Å². The second-order valence-electron chi connectivity index (χ2n) is 6.23. The molecule has 126 valence electrons. The van der Waals surface area contributed by atoms with Crippen LogP contribution in [0.3, 0.4) is 0 Å². The van der Waals surface area contributed by atoms with Crippen molar-refractivity contribution in [1.82, 2.24) is 24.6 Å². The van der Waals surface area contributed by atoms with Gasteiger partial charge in [-0.3, -0.25) is 9.59 Å². The molecule has 0 N–H and O–H groups in total. The first-order valence-electron chi connectivity index (χ1n) is 7.93. The van der Waals surface area contributed by atoms with Crippen LogP contribution in [-0.4, -0.2) is 57.0 Å². The van der Waals surface area contributed by atoms with Crippen LogP contribution in [0.4, 0.5) is 0 Å². The van der Waals surface area contributed by atoms with Gasteiger partial charge in [-0.05, 0) is 24.6 Å². The monoisotopic (exact) mass is 327 g/mol. The van der Waals surface area contributed by atoms with Gasteiger partial charge in [0.05, 0.1) is 17.6 Å². The summed E-state index contributed by atoms with van der Waals surface area (Å²) in [6.45, 7) is 2.49. The predicted molar refractivity (Wildman–Crippen MR) is 88.3 cm³/mol. The minimum Gasteiger partial charge on any atom is -0.345 e. The highest BCUT2D eigenvalue weighted by Crippen LogP contribution is 2.25. The molecule has 2 aromatic rings. The van der Waals surface area contributed by atoms with Crippen LogP contribution in [0.25, 0.3) is 5.69 Å². The van der Waals surface area contributed by atoms with Crippen molar-refractivity contribution in [2.75, 3.05) is 20.6 Å². The first-order valence-corrected chi connectivity index (χ1v) is 7.93. The molecule has 2 heterocycles. The molecule has 0 spiro atoms. The second-order valence-corrected chi connectivity index (χ2v) is 6.23. The molecule has 0 aliphatic carbocycles. The van der Waals surface area contributed by atoms with Gasteiger partial charge in [-0.25, -0.2) is 9.67 Å². The lowest BCUT2D eigenvalue weighted by atomic mass is 10.0. The van der Waals surface area contributed by atoms with Crippen molar-refractivity contribution < 1.29 is 9.59 Å². The molecule has 3 rings (SSSR count). The van der Waals surface area contributed by atoms with Gasteiger partial charge in [-0.2, -0.15) is 5.10 Å². The Hall–Kier alpha value is -2.70. The van der Waals surface area contributed by atoms with Crippen LogP contribution in [0.5, 0.6) is 0 Å². The number of aromatic nitrogens is 3. The van der Waals surface area contributed by atoms with Crippen molar-refractivity contribution in [3.8, 4) is 5.69 Å². The molecule has 1 aliphatic rings. The Bertz CT molecular complexity index is 726. The van der Waals surface area contributed by atoms with Crippen LogP contribution in [0.1, 0.15) is 24.9 Å². The third kappa shape index (κ3) is 3.02. The normalized spacial score (nSPS) is 18.7. The lowest BCUT2D eigenvalue weighted by molar-refractivity contribution is -0.136. The molecule has 1 saturated heterocycles. The molecule has 2 amide bonds. The van der Waals surface area contributed by atoms with Crippen molar-refractivity contribution >= 4 is 11.8 Å². The van der Waals surface area contributed by atoms with Gasteiger partial charge in [-0.15, -0.1) is 0 Å². The molecular weight excluding hydrogens is 306 g/mol. The average molecular weight is 327 g/mol. The highest BCUT2D eigenvalue weighted by Gasteiger charge is 2.35. The highest BCUT2D eigenvalue weighted by atomic mass is 16.2. The van der Waals surface area contributed by atoms with Gasteiger partial charge in [0.25, 0.3) is 0 Å². The third-order valence-corrected chi connectivity index (χ3v) is 4.68. The van der Waals surface area contributed by atoms with Gasteiger partial charge in [0.1, 0.15) is 12.7 Å². The molecule has 0 unspecified atom stereocenters. The minimum absolute atomic E-state index is 0.0144. The average Bonchev–Trinajstić information content (AvgIpc) is 3.24. The summed E-state index contributed by atoms with van der Waals surface area (Å²) >= 11 is 0. The Morgan fingerprint density at radius 1 is 1.33 bits per heavy atom. The number of carbonyl (C=O) groups is 2. The lowest BCUT2D eigenvalue weighted by Crippen LogP contribution is -2.36. The smallest absolute Gasteiger partial charge is 0.228 e. The van der Waals surface area contributed by atoms with Crippen LogP contribution < -0.4 is 0 Å². The predicted octanol–water partition coefficient (Wildman–Crippen LogP) is 1.26. The highest BCUT2D eigenvalue weighted by molar-refractivity contribution is 5.89. The lowest BCUT2D eigenvalue weighted by Gasteiger charge is -2.27. The first-order chi connectivity index (χ1) is 11.5. The van der Waals surface area contributed by atoms with E-state index in [0.29, 0.717) is 13.0 Å². The molecule has 1 aromatic carbocycles. The van der Waals surface area contributed by atoms with E-state index in [4.69, 9.17) is 0 Å². The third-order valence-electron chi connectivity index (χ3n) is 4.68. The van der Waals surface area contributed by atoms with E-state index in [0.717, 1.165) is 11.3 Å². The van der Waals surface area contributed by atoms with E-state index in [9.17, 15) is 9.59 Å². The Labute approximate surface area is 140 Å². The molecule has 1 aliphatic heterocycles. The van der Waals surface area contributed by atoms with E-state index < -0.39 is 0 Å². The van der Waals surface area contributed by atoms with E-state index in [1.54, 1.807) is 34.9 Å². The van der Waals surface area contributed by atoms with Crippen molar-refractivity contribution in [2.24, 2.45) is 5.92 Å². The van der Waals surface area contributed by atoms with Crippen molar-refractivity contribution in [3.05, 3.63) is 42.5 Å². The fourth-order valence-corrected chi connectivity index (χ4v) is 2.98. The van der Waals surface area contributed by atoms with E-state index in [1.165, 1.54) is 6.33 Å². The summed E-state index contributed by atoms with van der Waals surface area (Å²) in [5.41, 5.74) is 1.95. The maximum atomic E-state index is 12.6. The van der Waals surface area contributed by atoms with Crippen LogP contribution in [0.2, 0.25) is 0 Å². The van der Waals surface area contributed by atoms with Gasteiger partial charge < -0.3 is 9.80 Å². The number of rotatable bonds is 4. The van der Waals surface area contributed by atoms with Crippen LogP contribution in [-0.2, 0) is 9.59 Å². The number of hydrogen-bond donors (Lipinski definition) is 0. The zero-order valence-corrected chi connectivity index (χ0v) is 14.1. The van der Waals surface area contributed by atoms with Crippen molar-refractivity contribution in [2.45, 2.75) is 19.4 Å². The summed E-state index contributed by atoms with van der Waals surface area (Å²) in [6.07, 6.45) is 3.43. The van der Waals surface area contributed by atoms with Crippen LogP contribution >= 0.6 is 0 Å². The molecule has 0 bridgehead atoms. The zero-order chi connectivity index (χ0) is 17.3. The Morgan fingerprint density at radius 2 is 2.04 bits per heavy atom. The Balaban J connectivity index is 1.70. The molecule has 0 radical (unpaired) electrons. The van der Waals surface area contributed by atoms with Gasteiger partial charge in [0.2, 0.25) is 11.8 Å². The molecule has 0 saturated carbocycles. The van der Waals surface area contributed by atoms with Crippen molar-refractivity contribution in [3.63, 3.8) is 0 Å². The van der Waals surface area contributed by atoms with E-state index >= 15 is 0 Å². The summed E-state index contributed by atoms with van der Waals surface area (Å²) in [5, 5.41) is 4.10. The maximum absolute atomic E-state index is 12.6. The number of carbonyl (C=O) groups excluding carboxylic acids is 2. The molecule has 7 heteroatoms. The first kappa shape index (κ1) is 16.2. The second kappa shape index (κ2) is 6.43. The summed E-state index contributed by atoms with van der Waals surface area (Å²) in [4.78, 5) is 31.5. The largest absolute Gasteiger partial charge is 0.345 e. The number of likely N-dealkylation sites (tertiary alicyclic amines) is 1. The Morgan fingerprint density at radius 3 is 2.58 bits per heavy atom. The number of nitrogens with zero attached hydrogens (tertiary/aromatic N) is 5. The topological polar surface area (TPSA) is 71.3 Å². The molecule has 24 heavy (non-hydrogen) atoms. The van der Waals surface area contributed by atoms with Gasteiger partial charge in [0.15, 0.2) is 0 Å². The zero-order valence-electron chi connectivity index (χ0n) is 14.1. The maximum Gasteiger partial charge on any atom is 0.228 e. The Kier molecular flexibility index (Phi) is 4.33. The minimum atomic E-state index is -0.246. The summed E-state index contributed by atoms with van der Waals surface area (Å²) < 4.78 is 1.68. The SMILES string of the molecule is C[C@H](c1ccc(-n2cncn2)cc1)N(C)C(=O)[C@H]1CC(=O)N(C)C1. The van der Waals surface area contributed by atoms with Crippen LogP contribution in [0, 0.1) is 5.92 Å². The molecule has 7 nitrogen and oxygen atoms in total. The molecule has 2 atom stereocenters. The van der Waals surface area contributed by atoms with Gasteiger partial charge >= 0.3 is 0 Å². The standard InChI is InChI=1S/C17H21N5O2/c1-12(21(3)17(24)14-8-16(23)20(2)9-14)13-4-6-15(7-5-13)22-11-18-10-19-22/h4-7,10-12,14H,8-9H2,1-3H3/t12-,14+/m1/s1. The van der Waals surface area contributed by atoms with Gasteiger partial charge in [0, 0.05) is 27.1 Å². The molecular formula is C17H21N5O2.